The first-order valence-corrected chi connectivity index (χ1v) is 21.6. The molecule has 0 unspecified atom stereocenters. The Balaban J connectivity index is 0.000000198. The summed E-state index contributed by atoms with van der Waals surface area (Å²) in [6.07, 6.45) is 0. The molecule has 0 fully saturated rings. The van der Waals surface area contributed by atoms with E-state index >= 15 is 0 Å². The van der Waals surface area contributed by atoms with E-state index in [1.54, 1.807) is 33.4 Å². The Kier molecular flexibility index (Phi) is 13.8. The molecule has 7 rings (SSSR count). The molecule has 0 N–H and O–H groups in total. The molecule has 3 aromatic carbocycles. The number of hydrogen-bond donors (Lipinski definition) is 0. The molecule has 0 saturated heterocycles. The summed E-state index contributed by atoms with van der Waals surface area (Å²) in [4.78, 5) is 34.5. The standard InChI is InChI=1S/C25H23NO4S2.C19H19NO2S2/c1-3-28-20-9-5-18(6-10-20)23-13-17(15-31-23)14-30-25(27)22-16-32-24(26-22)19-7-11-21(12-8-19)29-4-2;1-19(2,3)15-6-4-14(5-7-15)17-20-16(12-24-17)18(21)22-10-13-8-9-23-11-13/h5-13,15-16H,3-4,14H2,1-2H3;4-9,11-12H,10H2,1-3H3. The highest BCUT2D eigenvalue weighted by molar-refractivity contribution is 7.14. The van der Waals surface area contributed by atoms with E-state index in [9.17, 15) is 9.59 Å². The van der Waals surface area contributed by atoms with Gasteiger partial charge in [0.1, 0.15) is 34.7 Å². The highest BCUT2D eigenvalue weighted by Crippen LogP contribution is 2.31. The minimum Gasteiger partial charge on any atom is -0.494 e. The fourth-order valence-corrected chi connectivity index (χ4v) is 8.43. The molecule has 288 valence electrons. The summed E-state index contributed by atoms with van der Waals surface area (Å²) in [5.74, 6) is 0.866. The quantitative estimate of drug-likeness (QED) is 0.106. The van der Waals surface area contributed by atoms with Crippen molar-refractivity contribution < 1.29 is 28.5 Å². The van der Waals surface area contributed by atoms with Crippen molar-refractivity contribution in [2.24, 2.45) is 0 Å². The van der Waals surface area contributed by atoms with Gasteiger partial charge in [0.2, 0.25) is 0 Å². The number of ether oxygens (including phenoxy) is 4. The van der Waals surface area contributed by atoms with Crippen LogP contribution in [0.25, 0.3) is 31.6 Å². The number of esters is 2. The van der Waals surface area contributed by atoms with Crippen molar-refractivity contribution in [2.45, 2.75) is 53.2 Å². The summed E-state index contributed by atoms with van der Waals surface area (Å²) >= 11 is 6.08. The van der Waals surface area contributed by atoms with Crippen molar-refractivity contribution in [3.63, 3.8) is 0 Å². The molecule has 0 atom stereocenters. The molecule has 7 aromatic rings. The molecule has 12 heteroatoms. The number of benzene rings is 3. The van der Waals surface area contributed by atoms with Gasteiger partial charge in [0.25, 0.3) is 0 Å². The lowest BCUT2D eigenvalue weighted by atomic mass is 9.87. The van der Waals surface area contributed by atoms with Crippen molar-refractivity contribution in [3.8, 4) is 43.1 Å². The molecule has 0 saturated carbocycles. The SMILES string of the molecule is CC(C)(C)c1ccc(-c2nc(C(=O)OCc3ccsc3)cs2)cc1.CCOc1ccc(-c2cc(COC(=O)c3csc(-c4ccc(OCC)cc4)n3)cs2)cc1. The smallest absolute Gasteiger partial charge is 0.358 e. The molecule has 0 radical (unpaired) electrons. The minimum atomic E-state index is -0.424. The number of aromatic nitrogens is 2. The number of rotatable bonds is 13. The predicted molar refractivity (Wildman–Crippen MR) is 228 cm³/mol. The van der Waals surface area contributed by atoms with E-state index in [0.29, 0.717) is 24.6 Å². The molecule has 56 heavy (non-hydrogen) atoms. The molecule has 8 nitrogen and oxygen atoms in total. The topological polar surface area (TPSA) is 96.8 Å². The highest BCUT2D eigenvalue weighted by atomic mass is 32.1. The van der Waals surface area contributed by atoms with Crippen LogP contribution in [0.4, 0.5) is 0 Å². The first kappa shape index (κ1) is 40.5. The largest absolute Gasteiger partial charge is 0.494 e. The molecular formula is C44H42N2O6S4. The van der Waals surface area contributed by atoms with Crippen LogP contribution in [-0.2, 0) is 28.1 Å². The van der Waals surface area contributed by atoms with Crippen LogP contribution < -0.4 is 9.47 Å². The van der Waals surface area contributed by atoms with Crippen molar-refractivity contribution in [1.82, 2.24) is 9.97 Å². The Morgan fingerprint density at radius 1 is 0.589 bits per heavy atom. The normalized spacial score (nSPS) is 11.0. The number of carbonyl (C=O) groups is 2. The molecule has 0 amide bonds. The summed E-state index contributed by atoms with van der Waals surface area (Å²) < 4.78 is 21.7. The maximum Gasteiger partial charge on any atom is 0.358 e. The number of thiazole rings is 2. The zero-order chi connectivity index (χ0) is 39.5. The average molecular weight is 823 g/mol. The van der Waals surface area contributed by atoms with Gasteiger partial charge in [-0.1, -0.05) is 45.0 Å². The predicted octanol–water partition coefficient (Wildman–Crippen LogP) is 12.2. The zero-order valence-electron chi connectivity index (χ0n) is 31.8. The van der Waals surface area contributed by atoms with E-state index in [-0.39, 0.29) is 24.6 Å². The van der Waals surface area contributed by atoms with E-state index in [4.69, 9.17) is 18.9 Å². The summed E-state index contributed by atoms with van der Waals surface area (Å²) in [5.41, 5.74) is 7.11. The molecule has 0 aliphatic carbocycles. The number of nitrogens with zero attached hydrogens (tertiary/aromatic N) is 2. The molecule has 0 bridgehead atoms. The first-order valence-electron chi connectivity index (χ1n) is 18.0. The van der Waals surface area contributed by atoms with E-state index in [0.717, 1.165) is 54.2 Å². The zero-order valence-corrected chi connectivity index (χ0v) is 35.0. The summed E-state index contributed by atoms with van der Waals surface area (Å²) in [6, 6.07) is 28.0. The lowest BCUT2D eigenvalue weighted by Gasteiger charge is -2.18. The van der Waals surface area contributed by atoms with Gasteiger partial charge in [-0.05, 0) is 107 Å². The van der Waals surface area contributed by atoms with Crippen molar-refractivity contribution in [3.05, 3.63) is 140 Å². The second kappa shape index (κ2) is 19.1. The Morgan fingerprint density at radius 3 is 1.57 bits per heavy atom. The van der Waals surface area contributed by atoms with E-state index in [1.807, 2.05) is 90.7 Å². The third-order valence-corrected chi connectivity index (χ3v) is 11.8. The number of hydrogen-bond acceptors (Lipinski definition) is 12. The minimum absolute atomic E-state index is 0.123. The second-order valence-corrected chi connectivity index (χ2v) is 16.8. The summed E-state index contributed by atoms with van der Waals surface area (Å²) in [5, 5.41) is 11.0. The van der Waals surface area contributed by atoms with E-state index in [1.165, 1.54) is 28.2 Å². The Morgan fingerprint density at radius 2 is 1.09 bits per heavy atom. The van der Waals surface area contributed by atoms with Crippen LogP contribution in [0.5, 0.6) is 11.5 Å². The van der Waals surface area contributed by atoms with Crippen LogP contribution in [-0.4, -0.2) is 35.1 Å². The van der Waals surface area contributed by atoms with Gasteiger partial charge in [0.05, 0.1) is 13.2 Å². The van der Waals surface area contributed by atoms with E-state index in [2.05, 4.69) is 55.0 Å². The number of thiophene rings is 2. The lowest BCUT2D eigenvalue weighted by Crippen LogP contribution is -2.10. The van der Waals surface area contributed by atoms with Crippen LogP contribution in [0.2, 0.25) is 0 Å². The van der Waals surface area contributed by atoms with E-state index < -0.39 is 5.97 Å². The maximum atomic E-state index is 12.5. The molecule has 0 aliphatic heterocycles. The highest BCUT2D eigenvalue weighted by Gasteiger charge is 2.17. The van der Waals surface area contributed by atoms with Crippen LogP contribution >= 0.6 is 45.3 Å². The van der Waals surface area contributed by atoms with Gasteiger partial charge in [-0.15, -0.1) is 34.0 Å². The van der Waals surface area contributed by atoms with Gasteiger partial charge < -0.3 is 18.9 Å². The monoisotopic (exact) mass is 822 g/mol. The lowest BCUT2D eigenvalue weighted by molar-refractivity contribution is 0.0459. The van der Waals surface area contributed by atoms with Gasteiger partial charge in [-0.25, -0.2) is 19.6 Å². The Bertz CT molecular complexity index is 2300. The maximum absolute atomic E-state index is 12.5. The second-order valence-electron chi connectivity index (χ2n) is 13.4. The van der Waals surface area contributed by atoms with Crippen LogP contribution in [0.15, 0.2) is 112 Å². The van der Waals surface area contributed by atoms with Gasteiger partial charge in [0, 0.05) is 37.9 Å². The Hall–Kier alpha value is -5.14. The Labute approximate surface area is 343 Å². The molecule has 0 spiro atoms. The van der Waals surface area contributed by atoms with Gasteiger partial charge in [0.15, 0.2) is 11.4 Å². The summed E-state index contributed by atoms with van der Waals surface area (Å²) in [6.45, 7) is 12.2. The molecular weight excluding hydrogens is 781 g/mol. The third-order valence-electron chi connectivity index (χ3n) is 8.26. The molecule has 0 aliphatic rings. The fraction of sp³-hybridized carbons (Fsp3) is 0.227. The van der Waals surface area contributed by atoms with Gasteiger partial charge >= 0.3 is 11.9 Å². The molecule has 4 aromatic heterocycles. The average Bonchev–Trinajstić information content (AvgIpc) is 4.05. The first-order chi connectivity index (χ1) is 27.1. The van der Waals surface area contributed by atoms with Crippen LogP contribution in [0, 0.1) is 0 Å². The van der Waals surface area contributed by atoms with Crippen molar-refractivity contribution in [2.75, 3.05) is 13.2 Å². The third kappa shape index (κ3) is 11.0. The van der Waals surface area contributed by atoms with Crippen LogP contribution in [0.1, 0.15) is 72.3 Å². The van der Waals surface area contributed by atoms with Crippen molar-refractivity contribution >= 4 is 57.3 Å². The van der Waals surface area contributed by atoms with Crippen molar-refractivity contribution in [1.29, 1.82) is 0 Å². The van der Waals surface area contributed by atoms with Gasteiger partial charge in [-0.3, -0.25) is 0 Å². The van der Waals surface area contributed by atoms with Gasteiger partial charge in [-0.2, -0.15) is 11.3 Å². The molecule has 4 heterocycles. The number of carbonyl (C=O) groups excluding carboxylic acids is 2. The summed E-state index contributed by atoms with van der Waals surface area (Å²) in [7, 11) is 0. The fourth-order valence-electron chi connectivity index (χ4n) is 5.28. The van der Waals surface area contributed by atoms with Crippen LogP contribution in [0.3, 0.4) is 0 Å².